The molecule has 0 radical (unpaired) electrons. The van der Waals surface area contributed by atoms with Crippen LogP contribution in [-0.2, 0) is 0 Å². The van der Waals surface area contributed by atoms with Gasteiger partial charge in [-0.3, -0.25) is 0 Å². The molecule has 0 heteroatoms. The minimum Gasteiger partial charge on any atom is -0.103 e. The monoisotopic (exact) mass is 282 g/mol. The minimum atomic E-state index is 1.35. The van der Waals surface area contributed by atoms with Gasteiger partial charge in [0.2, 0.25) is 0 Å². The SMILES string of the molecule is C=CC.Cc1ccc(C)c(C)c1.Cc1ccc(C)c(C)c1. The topological polar surface area (TPSA) is 0 Å². The molecular formula is C21H30. The molecule has 0 saturated carbocycles. The number of aryl methyl sites for hydroxylation is 6. The van der Waals surface area contributed by atoms with Crippen molar-refractivity contribution in [3.05, 3.63) is 82.4 Å². The minimum absolute atomic E-state index is 1.35. The van der Waals surface area contributed by atoms with E-state index < -0.39 is 0 Å². The smallest absolute Gasteiger partial charge is 0.0395 e. The Hall–Kier alpha value is -1.82. The van der Waals surface area contributed by atoms with Crippen LogP contribution in [0, 0.1) is 41.5 Å². The molecule has 0 atom stereocenters. The van der Waals surface area contributed by atoms with Crippen molar-refractivity contribution >= 4 is 0 Å². The van der Waals surface area contributed by atoms with Gasteiger partial charge >= 0.3 is 0 Å². The Morgan fingerprint density at radius 2 is 0.905 bits per heavy atom. The molecule has 0 aliphatic rings. The summed E-state index contributed by atoms with van der Waals surface area (Å²) in [5, 5.41) is 0. The van der Waals surface area contributed by atoms with Crippen LogP contribution in [-0.4, -0.2) is 0 Å². The van der Waals surface area contributed by atoms with E-state index in [0.29, 0.717) is 0 Å². The zero-order chi connectivity index (χ0) is 16.4. The summed E-state index contributed by atoms with van der Waals surface area (Å²) in [6.45, 7) is 18.0. The Morgan fingerprint density at radius 1 is 0.619 bits per heavy atom. The zero-order valence-electron chi connectivity index (χ0n) is 14.7. The van der Waals surface area contributed by atoms with Crippen molar-refractivity contribution in [1.29, 1.82) is 0 Å². The molecule has 2 aromatic rings. The van der Waals surface area contributed by atoms with Gasteiger partial charge in [-0.1, -0.05) is 53.6 Å². The van der Waals surface area contributed by atoms with Crippen molar-refractivity contribution < 1.29 is 0 Å². The fourth-order valence-electron chi connectivity index (χ4n) is 1.78. The van der Waals surface area contributed by atoms with E-state index in [0.717, 1.165) is 0 Å². The van der Waals surface area contributed by atoms with Crippen LogP contribution in [0.3, 0.4) is 0 Å². The van der Waals surface area contributed by atoms with Crippen molar-refractivity contribution in [2.24, 2.45) is 0 Å². The van der Waals surface area contributed by atoms with Crippen LogP contribution in [0.5, 0.6) is 0 Å². The van der Waals surface area contributed by atoms with Gasteiger partial charge in [-0.2, -0.15) is 0 Å². The molecule has 0 nitrogen and oxygen atoms in total. The maximum Gasteiger partial charge on any atom is -0.0395 e. The van der Waals surface area contributed by atoms with Crippen molar-refractivity contribution in [1.82, 2.24) is 0 Å². The molecule has 2 aromatic carbocycles. The molecule has 0 aliphatic heterocycles. The molecule has 114 valence electrons. The predicted molar refractivity (Wildman–Crippen MR) is 97.2 cm³/mol. The van der Waals surface area contributed by atoms with Gasteiger partial charge in [0.15, 0.2) is 0 Å². The van der Waals surface area contributed by atoms with E-state index in [9.17, 15) is 0 Å². The lowest BCUT2D eigenvalue weighted by molar-refractivity contribution is 1.30. The molecule has 21 heavy (non-hydrogen) atoms. The third-order valence-electron chi connectivity index (χ3n) is 3.32. The van der Waals surface area contributed by atoms with Gasteiger partial charge in [0.25, 0.3) is 0 Å². The van der Waals surface area contributed by atoms with E-state index in [1.54, 1.807) is 6.08 Å². The quantitative estimate of drug-likeness (QED) is 0.489. The van der Waals surface area contributed by atoms with E-state index in [-0.39, 0.29) is 0 Å². The van der Waals surface area contributed by atoms with Gasteiger partial charge in [0.1, 0.15) is 0 Å². The third kappa shape index (κ3) is 8.14. The Labute approximate surface area is 131 Å². The van der Waals surface area contributed by atoms with Gasteiger partial charge in [-0.25, -0.2) is 0 Å². The van der Waals surface area contributed by atoms with Crippen LogP contribution in [0.2, 0.25) is 0 Å². The van der Waals surface area contributed by atoms with Crippen LogP contribution >= 0.6 is 0 Å². The van der Waals surface area contributed by atoms with Gasteiger partial charge in [-0.05, 0) is 70.7 Å². The van der Waals surface area contributed by atoms with Crippen LogP contribution < -0.4 is 0 Å². The summed E-state index contributed by atoms with van der Waals surface area (Å²) < 4.78 is 0. The zero-order valence-corrected chi connectivity index (χ0v) is 14.7. The predicted octanol–water partition coefficient (Wildman–Crippen LogP) is 6.42. The standard InChI is InChI=1S/2C9H12.C3H6/c2*1-7-4-5-8(2)9(3)6-7;1-3-2/h2*4-6H,1-3H3;3H,1H2,2H3. The Morgan fingerprint density at radius 3 is 1.10 bits per heavy atom. The van der Waals surface area contributed by atoms with E-state index >= 15 is 0 Å². The Balaban J connectivity index is 0.000000322. The molecule has 0 amide bonds. The summed E-state index contributed by atoms with van der Waals surface area (Å²) in [7, 11) is 0. The number of rotatable bonds is 0. The highest BCUT2D eigenvalue weighted by Crippen LogP contribution is 2.08. The maximum absolute atomic E-state index is 3.36. The first-order valence-corrected chi connectivity index (χ1v) is 7.46. The molecule has 0 heterocycles. The molecule has 0 bridgehead atoms. The van der Waals surface area contributed by atoms with Crippen molar-refractivity contribution in [2.45, 2.75) is 48.5 Å². The summed E-state index contributed by atoms with van der Waals surface area (Å²) in [5.74, 6) is 0. The van der Waals surface area contributed by atoms with Crippen molar-refractivity contribution in [2.75, 3.05) is 0 Å². The molecule has 0 unspecified atom stereocenters. The molecule has 2 rings (SSSR count). The second kappa shape index (κ2) is 9.99. The highest BCUT2D eigenvalue weighted by Gasteiger charge is 1.89. The second-order valence-corrected chi connectivity index (χ2v) is 5.58. The molecule has 0 saturated heterocycles. The lowest BCUT2D eigenvalue weighted by Gasteiger charge is -1.98. The first-order valence-electron chi connectivity index (χ1n) is 7.46. The highest BCUT2D eigenvalue weighted by molar-refractivity contribution is 5.29. The summed E-state index contributed by atoms with van der Waals surface area (Å²) >= 11 is 0. The number of allylic oxidation sites excluding steroid dienone is 1. The van der Waals surface area contributed by atoms with Gasteiger partial charge < -0.3 is 0 Å². The van der Waals surface area contributed by atoms with Crippen LogP contribution in [0.15, 0.2) is 49.1 Å². The third-order valence-corrected chi connectivity index (χ3v) is 3.32. The molecular weight excluding hydrogens is 252 g/mol. The van der Waals surface area contributed by atoms with Crippen molar-refractivity contribution in [3.63, 3.8) is 0 Å². The average molecular weight is 282 g/mol. The Kier molecular flexibility index (Phi) is 9.12. The van der Waals surface area contributed by atoms with Crippen LogP contribution in [0.25, 0.3) is 0 Å². The van der Waals surface area contributed by atoms with Gasteiger partial charge in [0, 0.05) is 0 Å². The second-order valence-electron chi connectivity index (χ2n) is 5.58. The van der Waals surface area contributed by atoms with E-state index in [1.807, 2.05) is 6.92 Å². The number of benzene rings is 2. The lowest BCUT2D eigenvalue weighted by atomic mass is 10.1. The molecule has 0 fully saturated rings. The van der Waals surface area contributed by atoms with E-state index in [1.165, 1.54) is 33.4 Å². The summed E-state index contributed by atoms with van der Waals surface area (Å²) in [6.07, 6.45) is 1.75. The lowest BCUT2D eigenvalue weighted by Crippen LogP contribution is -1.79. The number of hydrogen-bond donors (Lipinski definition) is 0. The molecule has 0 spiro atoms. The summed E-state index contributed by atoms with van der Waals surface area (Å²) in [6, 6.07) is 13.0. The number of hydrogen-bond acceptors (Lipinski definition) is 0. The Bertz CT molecular complexity index is 513. The fraction of sp³-hybridized carbons (Fsp3) is 0.333. The first-order chi connectivity index (χ1) is 9.81. The normalized spacial score (nSPS) is 8.90. The summed E-state index contributed by atoms with van der Waals surface area (Å²) in [4.78, 5) is 0. The van der Waals surface area contributed by atoms with E-state index in [2.05, 4.69) is 84.5 Å². The van der Waals surface area contributed by atoms with E-state index in [4.69, 9.17) is 0 Å². The van der Waals surface area contributed by atoms with Gasteiger partial charge in [-0.15, -0.1) is 6.58 Å². The van der Waals surface area contributed by atoms with Gasteiger partial charge in [0.05, 0.1) is 0 Å². The molecule has 0 aromatic heterocycles. The fourth-order valence-corrected chi connectivity index (χ4v) is 1.78. The maximum atomic E-state index is 3.36. The highest BCUT2D eigenvalue weighted by atomic mass is 14.0. The average Bonchev–Trinajstić information content (AvgIpc) is 2.41. The van der Waals surface area contributed by atoms with Crippen LogP contribution in [0.4, 0.5) is 0 Å². The first kappa shape index (κ1) is 19.2. The largest absolute Gasteiger partial charge is 0.103 e. The van der Waals surface area contributed by atoms with Crippen molar-refractivity contribution in [3.8, 4) is 0 Å². The van der Waals surface area contributed by atoms with Crippen LogP contribution in [0.1, 0.15) is 40.3 Å². The summed E-state index contributed by atoms with van der Waals surface area (Å²) in [5.41, 5.74) is 8.21. The molecule has 0 N–H and O–H groups in total. The molecule has 0 aliphatic carbocycles.